The molecular weight excluding hydrogens is 451 g/mol. The van der Waals surface area contributed by atoms with Gasteiger partial charge in [-0.3, -0.25) is 0 Å². The van der Waals surface area contributed by atoms with Crippen molar-refractivity contribution in [3.63, 3.8) is 0 Å². The maximum atomic E-state index is 11.9. The predicted molar refractivity (Wildman–Crippen MR) is 93.4 cm³/mol. The summed E-state index contributed by atoms with van der Waals surface area (Å²) < 4.78 is 11.0. The molecule has 1 amide bonds. The number of hydrogen-bond donors (Lipinski definition) is 0. The summed E-state index contributed by atoms with van der Waals surface area (Å²) in [6, 6.07) is 0. The van der Waals surface area contributed by atoms with E-state index in [1.165, 1.54) is 4.90 Å². The minimum Gasteiger partial charge on any atom is -0.445 e. The lowest BCUT2D eigenvalue weighted by molar-refractivity contribution is 0.0440. The van der Waals surface area contributed by atoms with Gasteiger partial charge in [-0.1, -0.05) is 81.8 Å². The molecule has 1 heterocycles. The standard InChI is InChI=1S/C12H13Cl6NO5/c13-11(14,15)6-23-9(20)19-3-1-2-8(4-19)5-22-10(21)24-7-12(16,17)18/h1-2,8H,3-7H2/t8-/m0/s1. The Morgan fingerprint density at radius 3 is 2.17 bits per heavy atom. The molecule has 0 radical (unpaired) electrons. The molecule has 0 aromatic rings. The first-order chi connectivity index (χ1) is 11.0. The third-order valence-electron chi connectivity index (χ3n) is 2.58. The van der Waals surface area contributed by atoms with Crippen LogP contribution in [0.3, 0.4) is 0 Å². The number of hydrogen-bond acceptors (Lipinski definition) is 5. The third-order valence-corrected chi connectivity index (χ3v) is 3.23. The first kappa shape index (κ1) is 22.1. The van der Waals surface area contributed by atoms with E-state index in [2.05, 4.69) is 4.74 Å². The van der Waals surface area contributed by atoms with E-state index >= 15 is 0 Å². The van der Waals surface area contributed by atoms with Crippen LogP contribution in [0.2, 0.25) is 0 Å². The van der Waals surface area contributed by atoms with Gasteiger partial charge in [-0.2, -0.15) is 0 Å². The molecular formula is C12H13Cl6NO5. The lowest BCUT2D eigenvalue weighted by Gasteiger charge is -2.28. The van der Waals surface area contributed by atoms with Crippen molar-refractivity contribution < 1.29 is 23.8 Å². The summed E-state index contributed by atoms with van der Waals surface area (Å²) in [6.45, 7) is -0.253. The summed E-state index contributed by atoms with van der Waals surface area (Å²) in [5.74, 6) is -0.251. The third kappa shape index (κ3) is 10.1. The topological polar surface area (TPSA) is 65.1 Å². The molecule has 1 atom stereocenters. The first-order valence-electron chi connectivity index (χ1n) is 6.48. The van der Waals surface area contributed by atoms with Crippen molar-refractivity contribution >= 4 is 81.9 Å². The van der Waals surface area contributed by atoms with E-state index in [4.69, 9.17) is 79.1 Å². The molecule has 6 nitrogen and oxygen atoms in total. The van der Waals surface area contributed by atoms with Crippen LogP contribution in [0.15, 0.2) is 12.2 Å². The molecule has 0 bridgehead atoms. The Kier molecular flexibility index (Phi) is 8.87. The summed E-state index contributed by atoms with van der Waals surface area (Å²) in [4.78, 5) is 24.6. The Morgan fingerprint density at radius 2 is 1.58 bits per heavy atom. The zero-order valence-electron chi connectivity index (χ0n) is 12.0. The van der Waals surface area contributed by atoms with Gasteiger partial charge in [0.1, 0.15) is 19.8 Å². The molecule has 0 saturated carbocycles. The average molecular weight is 464 g/mol. The van der Waals surface area contributed by atoms with Crippen LogP contribution >= 0.6 is 69.6 Å². The number of halogens is 6. The number of nitrogens with zero attached hydrogens (tertiary/aromatic N) is 1. The van der Waals surface area contributed by atoms with Crippen molar-refractivity contribution in [3.05, 3.63) is 12.2 Å². The molecule has 12 heteroatoms. The number of rotatable bonds is 4. The average Bonchev–Trinajstić information content (AvgIpc) is 2.47. The van der Waals surface area contributed by atoms with Gasteiger partial charge >= 0.3 is 12.2 Å². The van der Waals surface area contributed by atoms with Crippen LogP contribution in [0.25, 0.3) is 0 Å². The summed E-state index contributed by atoms with van der Waals surface area (Å²) in [7, 11) is 0. The number of carbonyl (C=O) groups excluding carboxylic acids is 2. The van der Waals surface area contributed by atoms with Crippen LogP contribution in [0.1, 0.15) is 0 Å². The molecule has 138 valence electrons. The SMILES string of the molecule is O=C(OC[C@H]1C=CCN(C(=O)OCC(Cl)(Cl)Cl)C1)OCC(Cl)(Cl)Cl. The second-order valence-corrected chi connectivity index (χ2v) is 9.76. The zero-order chi connectivity index (χ0) is 18.4. The largest absolute Gasteiger partial charge is 0.508 e. The maximum absolute atomic E-state index is 11.9. The summed E-state index contributed by atoms with van der Waals surface area (Å²) in [6.07, 6.45) is 1.89. The Labute approximate surface area is 168 Å². The second kappa shape index (κ2) is 9.64. The van der Waals surface area contributed by atoms with Crippen LogP contribution in [0.5, 0.6) is 0 Å². The molecule has 0 saturated heterocycles. The van der Waals surface area contributed by atoms with E-state index < -0.39 is 26.4 Å². The molecule has 0 aliphatic carbocycles. The highest BCUT2D eigenvalue weighted by Gasteiger charge is 2.27. The van der Waals surface area contributed by atoms with Gasteiger partial charge in [0.15, 0.2) is 0 Å². The van der Waals surface area contributed by atoms with E-state index in [1.54, 1.807) is 12.2 Å². The van der Waals surface area contributed by atoms with Crippen LogP contribution < -0.4 is 0 Å². The second-order valence-electron chi connectivity index (χ2n) is 4.73. The smallest absolute Gasteiger partial charge is 0.445 e. The molecule has 0 fully saturated rings. The quantitative estimate of drug-likeness (QED) is 0.349. The van der Waals surface area contributed by atoms with Gasteiger partial charge in [-0.25, -0.2) is 9.59 Å². The van der Waals surface area contributed by atoms with Gasteiger partial charge in [-0.05, 0) is 0 Å². The molecule has 1 aliphatic rings. The Morgan fingerprint density at radius 1 is 1.00 bits per heavy atom. The maximum Gasteiger partial charge on any atom is 0.508 e. The number of carbonyl (C=O) groups is 2. The summed E-state index contributed by atoms with van der Waals surface area (Å²) in [5.41, 5.74) is 0. The normalized spacial score (nSPS) is 18.2. The van der Waals surface area contributed by atoms with Crippen LogP contribution in [0.4, 0.5) is 9.59 Å². The van der Waals surface area contributed by atoms with E-state index in [0.29, 0.717) is 6.54 Å². The van der Waals surface area contributed by atoms with Crippen molar-refractivity contribution in [1.82, 2.24) is 4.90 Å². The van der Waals surface area contributed by atoms with Gasteiger partial charge in [-0.15, -0.1) is 0 Å². The number of alkyl halides is 6. The fraction of sp³-hybridized carbons (Fsp3) is 0.667. The highest BCUT2D eigenvalue weighted by atomic mass is 35.6. The molecule has 1 rings (SSSR count). The van der Waals surface area contributed by atoms with E-state index in [-0.39, 0.29) is 25.7 Å². The molecule has 0 aromatic heterocycles. The van der Waals surface area contributed by atoms with Gasteiger partial charge in [0.2, 0.25) is 7.59 Å². The molecule has 24 heavy (non-hydrogen) atoms. The van der Waals surface area contributed by atoms with Crippen LogP contribution in [0, 0.1) is 5.92 Å². The van der Waals surface area contributed by atoms with Gasteiger partial charge in [0, 0.05) is 19.0 Å². The first-order valence-corrected chi connectivity index (χ1v) is 8.74. The van der Waals surface area contributed by atoms with E-state index in [9.17, 15) is 9.59 Å². The van der Waals surface area contributed by atoms with Crippen molar-refractivity contribution in [2.24, 2.45) is 5.92 Å². The molecule has 0 unspecified atom stereocenters. The van der Waals surface area contributed by atoms with Crippen LogP contribution in [-0.4, -0.2) is 57.6 Å². The predicted octanol–water partition coefficient (Wildman–Crippen LogP) is 4.50. The highest BCUT2D eigenvalue weighted by Crippen LogP contribution is 2.27. The minimum absolute atomic E-state index is 0.0244. The lowest BCUT2D eigenvalue weighted by Crippen LogP contribution is -2.40. The van der Waals surface area contributed by atoms with Crippen molar-refractivity contribution in [2.45, 2.75) is 7.59 Å². The molecule has 0 N–H and O–H groups in total. The Bertz CT molecular complexity index is 476. The number of amides is 1. The summed E-state index contributed by atoms with van der Waals surface area (Å²) in [5, 5.41) is 0. The molecule has 1 aliphatic heterocycles. The van der Waals surface area contributed by atoms with Gasteiger partial charge < -0.3 is 19.1 Å². The fourth-order valence-electron chi connectivity index (χ4n) is 1.65. The Balaban J connectivity index is 2.35. The molecule has 0 spiro atoms. The van der Waals surface area contributed by atoms with E-state index in [0.717, 1.165) is 0 Å². The van der Waals surface area contributed by atoms with Gasteiger partial charge in [0.25, 0.3) is 0 Å². The van der Waals surface area contributed by atoms with Crippen LogP contribution in [-0.2, 0) is 14.2 Å². The minimum atomic E-state index is -1.72. The van der Waals surface area contributed by atoms with Crippen molar-refractivity contribution in [2.75, 3.05) is 32.9 Å². The van der Waals surface area contributed by atoms with Crippen molar-refractivity contribution in [3.8, 4) is 0 Å². The molecule has 0 aromatic carbocycles. The van der Waals surface area contributed by atoms with Gasteiger partial charge in [0.05, 0.1) is 0 Å². The summed E-state index contributed by atoms with van der Waals surface area (Å²) >= 11 is 32.9. The van der Waals surface area contributed by atoms with E-state index in [1.807, 2.05) is 0 Å². The number of ether oxygens (including phenoxy) is 3. The zero-order valence-corrected chi connectivity index (χ0v) is 16.6. The lowest BCUT2D eigenvalue weighted by atomic mass is 10.1. The monoisotopic (exact) mass is 461 g/mol. The fourth-order valence-corrected chi connectivity index (χ4v) is 1.98. The van der Waals surface area contributed by atoms with Crippen molar-refractivity contribution in [1.29, 1.82) is 0 Å². The highest BCUT2D eigenvalue weighted by molar-refractivity contribution is 6.68. The Hall–Kier alpha value is 0.0200.